The number of ether oxygens (including phenoxy) is 1. The SMILES string of the molecule is Cc1cnc([C@@H](NS(=O)(=O)c2cccc(OC(F)(F)F)c2)C2CC2)s1. The summed E-state index contributed by atoms with van der Waals surface area (Å²) in [6.07, 6.45) is -1.46. The summed E-state index contributed by atoms with van der Waals surface area (Å²) in [6.45, 7) is 1.87. The molecule has 1 N–H and O–H groups in total. The van der Waals surface area contributed by atoms with Gasteiger partial charge in [0.05, 0.1) is 10.9 Å². The first kappa shape index (κ1) is 18.2. The van der Waals surface area contributed by atoms with E-state index in [0.717, 1.165) is 29.9 Å². The summed E-state index contributed by atoms with van der Waals surface area (Å²) in [7, 11) is -4.01. The summed E-state index contributed by atoms with van der Waals surface area (Å²) in [5, 5.41) is 0.659. The monoisotopic (exact) mass is 392 g/mol. The molecule has 1 aromatic carbocycles. The maximum atomic E-state index is 12.6. The van der Waals surface area contributed by atoms with Gasteiger partial charge in [0, 0.05) is 17.1 Å². The molecular weight excluding hydrogens is 377 g/mol. The van der Waals surface area contributed by atoms with E-state index in [1.807, 2.05) is 6.92 Å². The van der Waals surface area contributed by atoms with Gasteiger partial charge in [-0.2, -0.15) is 0 Å². The van der Waals surface area contributed by atoms with Gasteiger partial charge in [0.2, 0.25) is 10.0 Å². The van der Waals surface area contributed by atoms with Crippen molar-refractivity contribution in [2.24, 2.45) is 5.92 Å². The quantitative estimate of drug-likeness (QED) is 0.812. The molecule has 1 fully saturated rings. The molecule has 1 saturated carbocycles. The molecule has 0 radical (unpaired) electrons. The Morgan fingerprint density at radius 2 is 2.08 bits per heavy atom. The molecule has 0 saturated heterocycles. The molecule has 136 valence electrons. The van der Waals surface area contributed by atoms with Crippen molar-refractivity contribution < 1.29 is 26.3 Å². The number of hydrogen-bond donors (Lipinski definition) is 1. The number of rotatable bonds is 6. The predicted molar refractivity (Wildman–Crippen MR) is 85.8 cm³/mol. The van der Waals surface area contributed by atoms with Gasteiger partial charge >= 0.3 is 6.36 Å². The molecule has 1 atom stereocenters. The zero-order valence-electron chi connectivity index (χ0n) is 13.1. The first-order chi connectivity index (χ1) is 11.6. The van der Waals surface area contributed by atoms with E-state index < -0.39 is 28.2 Å². The second kappa shape index (κ2) is 6.58. The highest BCUT2D eigenvalue weighted by Gasteiger charge is 2.37. The average molecular weight is 392 g/mol. The van der Waals surface area contributed by atoms with E-state index >= 15 is 0 Å². The third-order valence-electron chi connectivity index (χ3n) is 3.63. The van der Waals surface area contributed by atoms with Crippen LogP contribution in [0, 0.1) is 12.8 Å². The van der Waals surface area contributed by atoms with Gasteiger partial charge in [0.15, 0.2) is 0 Å². The van der Waals surface area contributed by atoms with Crippen LogP contribution in [0.15, 0.2) is 35.4 Å². The molecule has 2 aromatic rings. The second-order valence-electron chi connectivity index (χ2n) is 5.77. The Labute approximate surface area is 146 Å². The normalized spacial score (nSPS) is 16.6. The van der Waals surface area contributed by atoms with E-state index in [1.165, 1.54) is 23.5 Å². The maximum Gasteiger partial charge on any atom is 0.573 e. The molecule has 1 aliphatic carbocycles. The second-order valence-corrected chi connectivity index (χ2v) is 8.75. The number of nitrogens with one attached hydrogen (secondary N) is 1. The molecule has 0 unspecified atom stereocenters. The highest BCUT2D eigenvalue weighted by atomic mass is 32.2. The Morgan fingerprint density at radius 3 is 2.64 bits per heavy atom. The molecule has 25 heavy (non-hydrogen) atoms. The van der Waals surface area contributed by atoms with Crippen LogP contribution in [0.3, 0.4) is 0 Å². The Morgan fingerprint density at radius 1 is 1.36 bits per heavy atom. The fourth-order valence-corrected chi connectivity index (χ4v) is 4.66. The van der Waals surface area contributed by atoms with Crippen LogP contribution in [-0.4, -0.2) is 19.8 Å². The number of halogens is 3. The number of sulfonamides is 1. The summed E-state index contributed by atoms with van der Waals surface area (Å²) in [5.41, 5.74) is 0. The minimum Gasteiger partial charge on any atom is -0.406 e. The van der Waals surface area contributed by atoms with Crippen LogP contribution < -0.4 is 9.46 Å². The van der Waals surface area contributed by atoms with Crippen molar-refractivity contribution in [2.45, 2.75) is 37.1 Å². The van der Waals surface area contributed by atoms with Crippen LogP contribution in [0.2, 0.25) is 0 Å². The number of benzene rings is 1. The van der Waals surface area contributed by atoms with Gasteiger partial charge in [-0.3, -0.25) is 0 Å². The maximum absolute atomic E-state index is 12.6. The largest absolute Gasteiger partial charge is 0.573 e. The first-order valence-electron chi connectivity index (χ1n) is 7.44. The molecule has 1 aliphatic rings. The lowest BCUT2D eigenvalue weighted by atomic mass is 10.2. The van der Waals surface area contributed by atoms with Crippen LogP contribution in [0.25, 0.3) is 0 Å². The lowest BCUT2D eigenvalue weighted by Gasteiger charge is -2.17. The summed E-state index contributed by atoms with van der Waals surface area (Å²) in [6, 6.07) is 3.86. The highest BCUT2D eigenvalue weighted by molar-refractivity contribution is 7.89. The van der Waals surface area contributed by atoms with Gasteiger partial charge in [-0.25, -0.2) is 18.1 Å². The minimum atomic E-state index is -4.88. The predicted octanol–water partition coefficient (Wildman–Crippen LogP) is 3.78. The third kappa shape index (κ3) is 4.71. The van der Waals surface area contributed by atoms with E-state index in [1.54, 1.807) is 6.20 Å². The zero-order valence-corrected chi connectivity index (χ0v) is 14.7. The number of aryl methyl sites for hydroxylation is 1. The third-order valence-corrected chi connectivity index (χ3v) is 6.06. The van der Waals surface area contributed by atoms with Crippen molar-refractivity contribution in [3.8, 4) is 5.75 Å². The summed E-state index contributed by atoms with van der Waals surface area (Å²) in [5.74, 6) is -0.432. The van der Waals surface area contributed by atoms with Crippen LogP contribution in [0.4, 0.5) is 13.2 Å². The Bertz CT molecular complexity index is 861. The first-order valence-corrected chi connectivity index (χ1v) is 9.74. The topological polar surface area (TPSA) is 68.3 Å². The number of aromatic nitrogens is 1. The van der Waals surface area contributed by atoms with Gasteiger partial charge in [-0.1, -0.05) is 6.07 Å². The zero-order chi connectivity index (χ0) is 18.2. The standard InChI is InChI=1S/C15H15F3N2O3S2/c1-9-8-19-14(24-9)13(10-5-6-10)20-25(21,22)12-4-2-3-11(7-12)23-15(16,17)18/h2-4,7-8,10,13,20H,5-6H2,1H3/t13-/m0/s1. The highest BCUT2D eigenvalue weighted by Crippen LogP contribution is 2.42. The minimum absolute atomic E-state index is 0.148. The van der Waals surface area contributed by atoms with Crippen molar-refractivity contribution in [2.75, 3.05) is 0 Å². The molecule has 1 heterocycles. The molecule has 0 spiro atoms. The lowest BCUT2D eigenvalue weighted by molar-refractivity contribution is -0.274. The number of thiazole rings is 1. The van der Waals surface area contributed by atoms with Crippen molar-refractivity contribution in [3.63, 3.8) is 0 Å². The van der Waals surface area contributed by atoms with Crippen molar-refractivity contribution in [1.82, 2.24) is 9.71 Å². The van der Waals surface area contributed by atoms with Crippen molar-refractivity contribution in [1.29, 1.82) is 0 Å². The Balaban J connectivity index is 1.84. The van der Waals surface area contributed by atoms with Crippen molar-refractivity contribution >= 4 is 21.4 Å². The van der Waals surface area contributed by atoms with Crippen LogP contribution in [0.1, 0.15) is 28.8 Å². The summed E-state index contributed by atoms with van der Waals surface area (Å²) >= 11 is 1.40. The van der Waals surface area contributed by atoms with Crippen LogP contribution in [0.5, 0.6) is 5.75 Å². The van der Waals surface area contributed by atoms with Gasteiger partial charge < -0.3 is 4.74 Å². The molecule has 0 amide bonds. The molecular formula is C15H15F3N2O3S2. The average Bonchev–Trinajstić information content (AvgIpc) is 3.25. The Kier molecular flexibility index (Phi) is 4.78. The molecule has 0 bridgehead atoms. The van der Waals surface area contributed by atoms with Crippen LogP contribution >= 0.6 is 11.3 Å². The van der Waals surface area contributed by atoms with E-state index in [-0.39, 0.29) is 10.8 Å². The molecule has 5 nitrogen and oxygen atoms in total. The molecule has 1 aromatic heterocycles. The number of hydrogen-bond acceptors (Lipinski definition) is 5. The molecule has 3 rings (SSSR count). The van der Waals surface area contributed by atoms with E-state index in [4.69, 9.17) is 0 Å². The number of nitrogens with zero attached hydrogens (tertiary/aromatic N) is 1. The molecule has 0 aliphatic heterocycles. The van der Waals surface area contributed by atoms with Gasteiger partial charge in [-0.05, 0) is 37.8 Å². The fourth-order valence-electron chi connectivity index (χ4n) is 2.37. The van der Waals surface area contributed by atoms with Gasteiger partial charge in [0.1, 0.15) is 10.8 Å². The van der Waals surface area contributed by atoms with Crippen LogP contribution in [-0.2, 0) is 10.0 Å². The molecule has 10 heteroatoms. The number of alkyl halides is 3. The Hall–Kier alpha value is -1.65. The smallest absolute Gasteiger partial charge is 0.406 e. The van der Waals surface area contributed by atoms with Gasteiger partial charge in [0.25, 0.3) is 0 Å². The fraction of sp³-hybridized carbons (Fsp3) is 0.400. The van der Waals surface area contributed by atoms with E-state index in [0.29, 0.717) is 5.01 Å². The summed E-state index contributed by atoms with van der Waals surface area (Å²) < 4.78 is 68.5. The lowest BCUT2D eigenvalue weighted by Crippen LogP contribution is -2.30. The van der Waals surface area contributed by atoms with Crippen molar-refractivity contribution in [3.05, 3.63) is 40.3 Å². The summed E-state index contributed by atoms with van der Waals surface area (Å²) in [4.78, 5) is 4.91. The van der Waals surface area contributed by atoms with E-state index in [9.17, 15) is 21.6 Å². The van der Waals surface area contributed by atoms with Gasteiger partial charge in [-0.15, -0.1) is 24.5 Å². The van der Waals surface area contributed by atoms with E-state index in [2.05, 4.69) is 14.4 Å².